The van der Waals surface area contributed by atoms with Gasteiger partial charge < -0.3 is 19.5 Å². The molecule has 9 heteroatoms. The van der Waals surface area contributed by atoms with Gasteiger partial charge >= 0.3 is 0 Å². The van der Waals surface area contributed by atoms with Crippen LogP contribution in [0.2, 0.25) is 0 Å². The number of benzene rings is 1. The third kappa shape index (κ3) is 3.83. The number of fused-ring (bicyclic) bond motifs is 1. The van der Waals surface area contributed by atoms with E-state index in [0.29, 0.717) is 45.5 Å². The predicted octanol–water partition coefficient (Wildman–Crippen LogP) is 2.97. The van der Waals surface area contributed by atoms with E-state index in [1.165, 1.54) is 21.3 Å². The number of hydrogen-bond donors (Lipinski definition) is 2. The molecule has 0 saturated carbocycles. The van der Waals surface area contributed by atoms with Crippen LogP contribution in [0.15, 0.2) is 18.3 Å². The summed E-state index contributed by atoms with van der Waals surface area (Å²) in [5.74, 6) is 1.91. The molecule has 0 saturated heterocycles. The lowest BCUT2D eigenvalue weighted by molar-refractivity contribution is 0.102. The number of hydrogen-bond acceptors (Lipinski definition) is 7. The second-order valence-corrected chi connectivity index (χ2v) is 6.09. The molecule has 9 nitrogen and oxygen atoms in total. The Morgan fingerprint density at radius 1 is 1.11 bits per heavy atom. The molecule has 3 aromatic rings. The van der Waals surface area contributed by atoms with E-state index in [1.54, 1.807) is 18.3 Å². The molecule has 0 aliphatic carbocycles. The Hall–Kier alpha value is -3.36. The highest BCUT2D eigenvalue weighted by molar-refractivity contribution is 6.07. The van der Waals surface area contributed by atoms with Crippen molar-refractivity contribution in [1.82, 2.24) is 20.2 Å². The average Bonchev–Trinajstić information content (AvgIpc) is 3.19. The number of ether oxygens (including phenoxy) is 3. The molecule has 28 heavy (non-hydrogen) atoms. The fourth-order valence-electron chi connectivity index (χ4n) is 2.82. The highest BCUT2D eigenvalue weighted by atomic mass is 16.5. The Kier molecular flexibility index (Phi) is 5.93. The standard InChI is InChI=1S/C19H23N5O4/c1-5-6-7-15-21-17(12-10-20-24-18(12)22-15)23-19(25)11-8-13(26-2)16(28-4)14(9-11)27-3/h8-10H,5-7H2,1-4H3,(H2,20,21,22,23,24,25). The van der Waals surface area contributed by atoms with E-state index in [2.05, 4.69) is 32.4 Å². The maximum atomic E-state index is 12.9. The van der Waals surface area contributed by atoms with Gasteiger partial charge in [0.2, 0.25) is 5.75 Å². The number of anilines is 1. The zero-order valence-corrected chi connectivity index (χ0v) is 16.3. The summed E-state index contributed by atoms with van der Waals surface area (Å²) in [6.07, 6.45) is 4.29. The first-order valence-corrected chi connectivity index (χ1v) is 8.92. The molecule has 0 bridgehead atoms. The van der Waals surface area contributed by atoms with Crippen LogP contribution >= 0.6 is 0 Å². The SMILES string of the molecule is CCCCc1nc(NC(=O)c2cc(OC)c(OC)c(OC)c2)c2cn[nH]c2n1. The summed E-state index contributed by atoms with van der Waals surface area (Å²) in [5.41, 5.74) is 0.932. The Labute approximate surface area is 162 Å². The largest absolute Gasteiger partial charge is 0.493 e. The summed E-state index contributed by atoms with van der Waals surface area (Å²) in [6.45, 7) is 2.10. The van der Waals surface area contributed by atoms with Gasteiger partial charge in [-0.15, -0.1) is 0 Å². The number of H-pyrrole nitrogens is 1. The summed E-state index contributed by atoms with van der Waals surface area (Å²) in [7, 11) is 4.51. The molecule has 1 amide bonds. The monoisotopic (exact) mass is 385 g/mol. The van der Waals surface area contributed by atoms with Gasteiger partial charge in [-0.05, 0) is 18.6 Å². The minimum atomic E-state index is -0.359. The number of aromatic nitrogens is 4. The topological polar surface area (TPSA) is 111 Å². The van der Waals surface area contributed by atoms with Crippen LogP contribution in [-0.4, -0.2) is 47.4 Å². The number of nitrogens with one attached hydrogen (secondary N) is 2. The van der Waals surface area contributed by atoms with Crippen molar-refractivity contribution >= 4 is 22.8 Å². The van der Waals surface area contributed by atoms with Crippen LogP contribution in [0.5, 0.6) is 17.2 Å². The number of aromatic amines is 1. The number of amides is 1. The van der Waals surface area contributed by atoms with Crippen molar-refractivity contribution in [3.05, 3.63) is 29.7 Å². The molecule has 0 atom stereocenters. The summed E-state index contributed by atoms with van der Waals surface area (Å²) >= 11 is 0. The Morgan fingerprint density at radius 3 is 2.43 bits per heavy atom. The summed E-state index contributed by atoms with van der Waals surface area (Å²) in [5, 5.41) is 10.3. The van der Waals surface area contributed by atoms with Gasteiger partial charge in [-0.2, -0.15) is 5.10 Å². The summed E-state index contributed by atoms with van der Waals surface area (Å²) < 4.78 is 15.9. The molecule has 0 fully saturated rings. The molecule has 148 valence electrons. The molecule has 3 rings (SSSR count). The summed E-state index contributed by atoms with van der Waals surface area (Å²) in [4.78, 5) is 21.8. The van der Waals surface area contributed by atoms with Crippen molar-refractivity contribution < 1.29 is 19.0 Å². The van der Waals surface area contributed by atoms with E-state index >= 15 is 0 Å². The number of carbonyl (C=O) groups is 1. The van der Waals surface area contributed by atoms with Gasteiger partial charge in [-0.1, -0.05) is 13.3 Å². The second-order valence-electron chi connectivity index (χ2n) is 6.09. The zero-order valence-electron chi connectivity index (χ0n) is 16.3. The van der Waals surface area contributed by atoms with E-state index in [4.69, 9.17) is 14.2 Å². The molecular formula is C19H23N5O4. The Balaban J connectivity index is 1.96. The van der Waals surface area contributed by atoms with Crippen molar-refractivity contribution in [2.45, 2.75) is 26.2 Å². The van der Waals surface area contributed by atoms with E-state index in [1.807, 2.05) is 0 Å². The number of carbonyl (C=O) groups excluding carboxylic acids is 1. The van der Waals surface area contributed by atoms with E-state index in [9.17, 15) is 4.79 Å². The highest BCUT2D eigenvalue weighted by Crippen LogP contribution is 2.38. The molecule has 0 radical (unpaired) electrons. The first-order chi connectivity index (χ1) is 13.6. The normalized spacial score (nSPS) is 10.7. The first-order valence-electron chi connectivity index (χ1n) is 8.92. The van der Waals surface area contributed by atoms with Crippen LogP contribution in [-0.2, 0) is 6.42 Å². The van der Waals surface area contributed by atoms with Crippen molar-refractivity contribution in [1.29, 1.82) is 0 Å². The van der Waals surface area contributed by atoms with Gasteiger partial charge in [0.25, 0.3) is 5.91 Å². The molecule has 0 aliphatic rings. The fourth-order valence-corrected chi connectivity index (χ4v) is 2.82. The van der Waals surface area contributed by atoms with Crippen molar-refractivity contribution in [3.63, 3.8) is 0 Å². The van der Waals surface area contributed by atoms with Gasteiger partial charge in [0.15, 0.2) is 17.1 Å². The summed E-state index contributed by atoms with van der Waals surface area (Å²) in [6, 6.07) is 3.17. The zero-order chi connectivity index (χ0) is 20.1. The third-order valence-corrected chi connectivity index (χ3v) is 4.27. The van der Waals surface area contributed by atoms with Gasteiger partial charge in [0.1, 0.15) is 11.6 Å². The number of unbranched alkanes of at least 4 members (excludes halogenated alkanes) is 1. The molecule has 0 unspecified atom stereocenters. The number of rotatable bonds is 8. The smallest absolute Gasteiger partial charge is 0.257 e. The van der Waals surface area contributed by atoms with E-state index in [0.717, 1.165) is 19.3 Å². The van der Waals surface area contributed by atoms with Crippen LogP contribution in [0.3, 0.4) is 0 Å². The third-order valence-electron chi connectivity index (χ3n) is 4.27. The maximum Gasteiger partial charge on any atom is 0.257 e. The van der Waals surface area contributed by atoms with Crippen LogP contribution < -0.4 is 19.5 Å². The maximum absolute atomic E-state index is 12.9. The van der Waals surface area contributed by atoms with E-state index in [-0.39, 0.29) is 5.91 Å². The van der Waals surface area contributed by atoms with Gasteiger partial charge in [0, 0.05) is 12.0 Å². The number of methoxy groups -OCH3 is 3. The first kappa shape index (κ1) is 19.4. The van der Waals surface area contributed by atoms with Crippen LogP contribution in [0.1, 0.15) is 35.9 Å². The number of aryl methyl sites for hydroxylation is 1. The molecule has 0 spiro atoms. The van der Waals surface area contributed by atoms with Crippen molar-refractivity contribution in [3.8, 4) is 17.2 Å². The molecule has 1 aromatic carbocycles. The van der Waals surface area contributed by atoms with Crippen molar-refractivity contribution in [2.75, 3.05) is 26.6 Å². The highest BCUT2D eigenvalue weighted by Gasteiger charge is 2.19. The van der Waals surface area contributed by atoms with Gasteiger partial charge in [0.05, 0.1) is 32.9 Å². The quantitative estimate of drug-likeness (QED) is 0.613. The van der Waals surface area contributed by atoms with Crippen LogP contribution in [0.25, 0.3) is 11.0 Å². The molecule has 0 aliphatic heterocycles. The fraction of sp³-hybridized carbons (Fsp3) is 0.368. The minimum absolute atomic E-state index is 0.347. The lowest BCUT2D eigenvalue weighted by Gasteiger charge is -2.14. The lowest BCUT2D eigenvalue weighted by atomic mass is 10.1. The Bertz CT molecular complexity index is 961. The minimum Gasteiger partial charge on any atom is -0.493 e. The average molecular weight is 385 g/mol. The lowest BCUT2D eigenvalue weighted by Crippen LogP contribution is -2.15. The molecule has 2 heterocycles. The molecule has 2 N–H and O–H groups in total. The Morgan fingerprint density at radius 2 is 1.82 bits per heavy atom. The van der Waals surface area contributed by atoms with Gasteiger partial charge in [-0.25, -0.2) is 9.97 Å². The van der Waals surface area contributed by atoms with E-state index < -0.39 is 0 Å². The van der Waals surface area contributed by atoms with Crippen LogP contribution in [0, 0.1) is 0 Å². The van der Waals surface area contributed by atoms with Crippen LogP contribution in [0.4, 0.5) is 5.82 Å². The molecular weight excluding hydrogens is 362 g/mol. The number of nitrogens with zero attached hydrogens (tertiary/aromatic N) is 3. The predicted molar refractivity (Wildman–Crippen MR) is 104 cm³/mol. The van der Waals surface area contributed by atoms with Gasteiger partial charge in [-0.3, -0.25) is 9.89 Å². The second kappa shape index (κ2) is 8.55. The van der Waals surface area contributed by atoms with Crippen molar-refractivity contribution in [2.24, 2.45) is 0 Å². The molecule has 2 aromatic heterocycles.